The van der Waals surface area contributed by atoms with E-state index in [2.05, 4.69) is 21.2 Å². The number of hydrogen-bond donors (Lipinski definition) is 1. The summed E-state index contributed by atoms with van der Waals surface area (Å²) >= 11 is 5.24. The van der Waals surface area contributed by atoms with E-state index in [1.807, 2.05) is 11.8 Å². The van der Waals surface area contributed by atoms with Crippen LogP contribution >= 0.6 is 27.7 Å². The Morgan fingerprint density at radius 2 is 2.35 bits per heavy atom. The summed E-state index contributed by atoms with van der Waals surface area (Å²) in [6.45, 7) is 0. The molecule has 0 amide bonds. The van der Waals surface area contributed by atoms with Crippen LogP contribution in [0.1, 0.15) is 12.8 Å². The molecule has 1 unspecified atom stereocenters. The van der Waals surface area contributed by atoms with E-state index >= 15 is 0 Å². The fraction of sp³-hybridized carbons (Fsp3) is 0.455. The van der Waals surface area contributed by atoms with Crippen molar-refractivity contribution in [3.05, 3.63) is 32.8 Å². The zero-order valence-corrected chi connectivity index (χ0v) is 11.6. The van der Waals surface area contributed by atoms with Crippen LogP contribution in [0, 0.1) is 10.1 Å². The van der Waals surface area contributed by atoms with E-state index in [0.29, 0.717) is 11.7 Å². The fourth-order valence-corrected chi connectivity index (χ4v) is 3.29. The summed E-state index contributed by atoms with van der Waals surface area (Å²) in [5.41, 5.74) is 0.751. The molecule has 0 aromatic heterocycles. The lowest BCUT2D eigenvalue weighted by atomic mass is 10.1. The van der Waals surface area contributed by atoms with E-state index in [1.54, 1.807) is 12.1 Å². The van der Waals surface area contributed by atoms with Gasteiger partial charge >= 0.3 is 0 Å². The molecule has 1 fully saturated rings. The average Bonchev–Trinajstić information content (AvgIpc) is 2.30. The molecule has 1 aliphatic heterocycles. The highest BCUT2D eigenvalue weighted by atomic mass is 79.9. The predicted octanol–water partition coefficient (Wildman–Crippen LogP) is 3.66. The molecule has 92 valence electrons. The molecule has 1 aromatic rings. The van der Waals surface area contributed by atoms with E-state index in [9.17, 15) is 10.1 Å². The lowest BCUT2D eigenvalue weighted by Gasteiger charge is -2.23. The summed E-state index contributed by atoms with van der Waals surface area (Å²) in [5.74, 6) is 2.21. The van der Waals surface area contributed by atoms with Crippen molar-refractivity contribution in [1.29, 1.82) is 0 Å². The largest absolute Gasteiger partial charge is 0.376 e. The molecule has 0 bridgehead atoms. The first-order chi connectivity index (χ1) is 8.16. The van der Waals surface area contributed by atoms with Gasteiger partial charge < -0.3 is 5.32 Å². The van der Waals surface area contributed by atoms with Crippen LogP contribution in [-0.2, 0) is 0 Å². The predicted molar refractivity (Wildman–Crippen MR) is 74.8 cm³/mol. The van der Waals surface area contributed by atoms with Gasteiger partial charge in [0.15, 0.2) is 0 Å². The van der Waals surface area contributed by atoms with Crippen LogP contribution in [-0.4, -0.2) is 22.5 Å². The zero-order valence-electron chi connectivity index (χ0n) is 9.19. The van der Waals surface area contributed by atoms with E-state index in [-0.39, 0.29) is 10.6 Å². The van der Waals surface area contributed by atoms with Crippen molar-refractivity contribution in [2.75, 3.05) is 16.8 Å². The zero-order chi connectivity index (χ0) is 12.3. The third kappa shape index (κ3) is 3.35. The number of rotatable bonds is 3. The lowest BCUT2D eigenvalue weighted by Crippen LogP contribution is -2.26. The Balaban J connectivity index is 2.17. The summed E-state index contributed by atoms with van der Waals surface area (Å²) in [4.78, 5) is 10.6. The standard InChI is InChI=1S/C11H13BrN2O2S/c12-8-3-4-11(14(15)16)10(6-8)13-9-2-1-5-17-7-9/h3-4,6,9,13H,1-2,5,7H2. The van der Waals surface area contributed by atoms with Crippen LogP contribution < -0.4 is 5.32 Å². The maximum absolute atomic E-state index is 10.9. The van der Waals surface area contributed by atoms with Crippen LogP contribution in [0.25, 0.3) is 0 Å². The highest BCUT2D eigenvalue weighted by Gasteiger charge is 2.19. The van der Waals surface area contributed by atoms with Gasteiger partial charge in [0.05, 0.1) is 4.92 Å². The molecule has 2 rings (SSSR count). The number of nitro benzene ring substituents is 1. The molecule has 1 heterocycles. The minimum Gasteiger partial charge on any atom is -0.376 e. The molecule has 0 saturated carbocycles. The van der Waals surface area contributed by atoms with Gasteiger partial charge in [0.25, 0.3) is 5.69 Å². The highest BCUT2D eigenvalue weighted by molar-refractivity contribution is 9.10. The van der Waals surface area contributed by atoms with Crippen LogP contribution in [0.4, 0.5) is 11.4 Å². The Morgan fingerprint density at radius 3 is 3.00 bits per heavy atom. The first-order valence-corrected chi connectivity index (χ1v) is 7.40. The molecule has 17 heavy (non-hydrogen) atoms. The van der Waals surface area contributed by atoms with Crippen LogP contribution in [0.5, 0.6) is 0 Å². The Bertz CT molecular complexity index is 422. The van der Waals surface area contributed by atoms with Crippen molar-refractivity contribution < 1.29 is 4.92 Å². The Kier molecular flexibility index (Phi) is 4.28. The number of nitrogens with zero attached hydrogens (tertiary/aromatic N) is 1. The van der Waals surface area contributed by atoms with Crippen LogP contribution in [0.3, 0.4) is 0 Å². The minimum absolute atomic E-state index is 0.142. The topological polar surface area (TPSA) is 55.2 Å². The molecule has 1 aliphatic rings. The monoisotopic (exact) mass is 316 g/mol. The van der Waals surface area contributed by atoms with E-state index in [1.165, 1.54) is 18.2 Å². The van der Waals surface area contributed by atoms with Gasteiger partial charge in [-0.2, -0.15) is 11.8 Å². The first kappa shape index (κ1) is 12.7. The van der Waals surface area contributed by atoms with Crippen molar-refractivity contribution in [2.45, 2.75) is 18.9 Å². The third-order valence-electron chi connectivity index (χ3n) is 2.68. The molecule has 0 radical (unpaired) electrons. The third-order valence-corrected chi connectivity index (χ3v) is 4.38. The summed E-state index contributed by atoms with van der Waals surface area (Å²) in [5, 5.41) is 14.2. The smallest absolute Gasteiger partial charge is 0.292 e. The summed E-state index contributed by atoms with van der Waals surface area (Å²) < 4.78 is 0.856. The maximum atomic E-state index is 10.9. The Labute approximate surface area is 112 Å². The number of benzene rings is 1. The SMILES string of the molecule is O=[N+]([O-])c1ccc(Br)cc1NC1CCCSC1. The second-order valence-corrected chi connectivity index (χ2v) is 6.04. The summed E-state index contributed by atoms with van der Waals surface area (Å²) in [6, 6.07) is 5.33. The second kappa shape index (κ2) is 5.73. The van der Waals surface area contributed by atoms with Gasteiger partial charge in [-0.15, -0.1) is 0 Å². The molecule has 0 spiro atoms. The van der Waals surface area contributed by atoms with Crippen molar-refractivity contribution in [2.24, 2.45) is 0 Å². The first-order valence-electron chi connectivity index (χ1n) is 5.45. The lowest BCUT2D eigenvalue weighted by molar-refractivity contribution is -0.384. The molecule has 1 atom stereocenters. The van der Waals surface area contributed by atoms with Crippen molar-refractivity contribution in [1.82, 2.24) is 0 Å². The molecule has 6 heteroatoms. The van der Waals surface area contributed by atoms with Gasteiger partial charge in [-0.1, -0.05) is 15.9 Å². The molecule has 1 N–H and O–H groups in total. The summed E-state index contributed by atoms with van der Waals surface area (Å²) in [7, 11) is 0. The van der Waals surface area contributed by atoms with E-state index < -0.39 is 0 Å². The number of halogens is 1. The fourth-order valence-electron chi connectivity index (χ4n) is 1.86. The van der Waals surface area contributed by atoms with E-state index in [4.69, 9.17) is 0 Å². The molecule has 0 aliphatic carbocycles. The van der Waals surface area contributed by atoms with Crippen LogP contribution in [0.2, 0.25) is 0 Å². The molecule has 1 saturated heterocycles. The molecule has 1 aromatic carbocycles. The number of hydrogen-bond acceptors (Lipinski definition) is 4. The molecular formula is C11H13BrN2O2S. The van der Waals surface area contributed by atoms with Gasteiger partial charge in [0.1, 0.15) is 5.69 Å². The maximum Gasteiger partial charge on any atom is 0.292 e. The van der Waals surface area contributed by atoms with Crippen LogP contribution in [0.15, 0.2) is 22.7 Å². The number of nitrogens with one attached hydrogen (secondary N) is 1. The second-order valence-electron chi connectivity index (χ2n) is 3.98. The molecule has 4 nitrogen and oxygen atoms in total. The van der Waals surface area contributed by atoms with E-state index in [0.717, 1.165) is 16.6 Å². The van der Waals surface area contributed by atoms with Gasteiger partial charge in [-0.3, -0.25) is 10.1 Å². The van der Waals surface area contributed by atoms with Gasteiger partial charge in [-0.25, -0.2) is 0 Å². The average molecular weight is 317 g/mol. The summed E-state index contributed by atoms with van der Waals surface area (Å²) in [6.07, 6.45) is 2.25. The van der Waals surface area contributed by atoms with Gasteiger partial charge in [0, 0.05) is 22.3 Å². The molecular weight excluding hydrogens is 304 g/mol. The Morgan fingerprint density at radius 1 is 1.53 bits per heavy atom. The van der Waals surface area contributed by atoms with Gasteiger partial charge in [-0.05, 0) is 30.7 Å². The number of anilines is 1. The minimum atomic E-state index is -0.343. The number of nitro groups is 1. The van der Waals surface area contributed by atoms with Gasteiger partial charge in [0.2, 0.25) is 0 Å². The van der Waals surface area contributed by atoms with Crippen molar-refractivity contribution in [3.8, 4) is 0 Å². The Hall–Kier alpha value is -0.750. The normalized spacial score (nSPS) is 19.9. The highest BCUT2D eigenvalue weighted by Crippen LogP contribution is 2.30. The van der Waals surface area contributed by atoms with Crippen molar-refractivity contribution in [3.63, 3.8) is 0 Å². The quantitative estimate of drug-likeness (QED) is 0.683. The number of thioether (sulfide) groups is 1. The van der Waals surface area contributed by atoms with Crippen molar-refractivity contribution >= 4 is 39.1 Å².